The molecular weight excluding hydrogens is 393 g/mol. The summed E-state index contributed by atoms with van der Waals surface area (Å²) in [6.07, 6.45) is 0.211. The molecule has 0 spiro atoms. The number of benzene rings is 1. The Labute approximate surface area is 162 Å². The Bertz CT molecular complexity index is 596. The molecule has 0 heterocycles. The summed E-state index contributed by atoms with van der Waals surface area (Å²) in [5, 5.41) is 0. The number of nitrogens with zero attached hydrogens (tertiary/aromatic N) is 1. The van der Waals surface area contributed by atoms with Crippen molar-refractivity contribution in [1.29, 1.82) is 0 Å². The van der Waals surface area contributed by atoms with E-state index in [1.54, 1.807) is 12.0 Å². The monoisotopic (exact) mass is 425 g/mol. The van der Waals surface area contributed by atoms with Gasteiger partial charge in [-0.3, -0.25) is 0 Å². The first-order chi connectivity index (χ1) is 12.0. The molecule has 0 N–H and O–H groups in total. The molecule has 0 bridgehead atoms. The van der Waals surface area contributed by atoms with Gasteiger partial charge in [0.25, 0.3) is 0 Å². The molecule has 1 atom stereocenters. The third kappa shape index (κ3) is 7.51. The molecule has 0 saturated heterocycles. The molecule has 0 aliphatic rings. The van der Waals surface area contributed by atoms with Crippen LogP contribution in [0.25, 0.3) is 0 Å². The zero-order valence-electron chi connectivity index (χ0n) is 17.0. The molecule has 0 saturated carbocycles. The Balaban J connectivity index is 2.88. The van der Waals surface area contributed by atoms with Crippen LogP contribution in [0.1, 0.15) is 46.6 Å². The Hall–Kier alpha value is -1.32. The molecule has 1 amide bonds. The summed E-state index contributed by atoms with van der Waals surface area (Å²) in [6, 6.07) is 9.80. The molecule has 0 aliphatic heterocycles. The van der Waals surface area contributed by atoms with Crippen molar-refractivity contribution in [3.63, 3.8) is 0 Å². The molecule has 26 heavy (non-hydrogen) atoms. The van der Waals surface area contributed by atoms with Crippen molar-refractivity contribution in [3.05, 3.63) is 35.9 Å². The molecule has 6 heteroatoms. The number of amides is 1. The Kier molecular flexibility index (Phi) is 8.36. The van der Waals surface area contributed by atoms with Crippen molar-refractivity contribution >= 4 is 25.7 Å². The van der Waals surface area contributed by atoms with Crippen LogP contribution in [0.15, 0.2) is 30.3 Å². The molecule has 5 nitrogen and oxygen atoms in total. The van der Waals surface area contributed by atoms with Gasteiger partial charge in [0.2, 0.25) is 0 Å². The van der Waals surface area contributed by atoms with E-state index in [-0.39, 0.29) is 10.7 Å². The van der Waals surface area contributed by atoms with Gasteiger partial charge in [-0.25, -0.2) is 0 Å². The van der Waals surface area contributed by atoms with Crippen LogP contribution >= 0.6 is 0 Å². The predicted molar refractivity (Wildman–Crippen MR) is 105 cm³/mol. The molecule has 0 radical (unpaired) electrons. The van der Waals surface area contributed by atoms with Gasteiger partial charge in [-0.1, -0.05) is 0 Å². The summed E-state index contributed by atoms with van der Waals surface area (Å²) in [5.74, 6) is 0. The topological polar surface area (TPSA) is 55.8 Å². The fraction of sp³-hybridized carbons (Fsp3) is 0.600. The minimum absolute atomic E-state index is 0.177. The van der Waals surface area contributed by atoms with Gasteiger partial charge in [-0.2, -0.15) is 0 Å². The van der Waals surface area contributed by atoms with E-state index in [2.05, 4.69) is 0 Å². The maximum absolute atomic E-state index is 12.6. The summed E-state index contributed by atoms with van der Waals surface area (Å²) in [7, 11) is 1.59. The van der Waals surface area contributed by atoms with E-state index >= 15 is 0 Å². The average molecular weight is 425 g/mol. The minimum atomic E-state index is -1.93. The third-order valence-electron chi connectivity index (χ3n) is 4.01. The summed E-state index contributed by atoms with van der Waals surface area (Å²) < 4.78 is 11.0. The molecule has 1 aromatic rings. The molecule has 1 unspecified atom stereocenters. The first kappa shape index (κ1) is 22.7. The van der Waals surface area contributed by atoms with Crippen LogP contribution in [0.3, 0.4) is 0 Å². The van der Waals surface area contributed by atoms with Gasteiger partial charge in [0.05, 0.1) is 0 Å². The molecule has 1 aromatic carbocycles. The Morgan fingerprint density at radius 3 is 2.15 bits per heavy atom. The molecule has 0 aliphatic carbocycles. The van der Waals surface area contributed by atoms with Crippen LogP contribution < -0.4 is 0 Å². The van der Waals surface area contributed by atoms with Crippen LogP contribution in [-0.2, 0) is 19.8 Å². The second-order valence-corrected chi connectivity index (χ2v) is 11.7. The van der Waals surface area contributed by atoms with Gasteiger partial charge in [0, 0.05) is 0 Å². The van der Waals surface area contributed by atoms with E-state index in [4.69, 9.17) is 8.46 Å². The summed E-state index contributed by atoms with van der Waals surface area (Å²) in [4.78, 5) is 26.9. The summed E-state index contributed by atoms with van der Waals surface area (Å²) in [5.41, 5.74) is 1.84. The fourth-order valence-corrected chi connectivity index (χ4v) is 4.77. The van der Waals surface area contributed by atoms with Crippen LogP contribution in [0, 0.1) is 5.41 Å². The van der Waals surface area contributed by atoms with Crippen LogP contribution in [0.5, 0.6) is 0 Å². The van der Waals surface area contributed by atoms with Gasteiger partial charge in [0.1, 0.15) is 0 Å². The third-order valence-corrected chi connectivity index (χ3v) is 7.63. The summed E-state index contributed by atoms with van der Waals surface area (Å²) >= 11 is -1.93. The quantitative estimate of drug-likeness (QED) is 0.586. The zero-order chi connectivity index (χ0) is 20.0. The number of carbonyl (C=O) groups is 2. The van der Waals surface area contributed by atoms with Crippen molar-refractivity contribution in [1.82, 2.24) is 4.90 Å². The van der Waals surface area contributed by atoms with Gasteiger partial charge >= 0.3 is 162 Å². The maximum atomic E-state index is 12.6. The van der Waals surface area contributed by atoms with Gasteiger partial charge < -0.3 is 0 Å². The van der Waals surface area contributed by atoms with Gasteiger partial charge in [-0.05, 0) is 0 Å². The van der Waals surface area contributed by atoms with Crippen LogP contribution in [0.4, 0.5) is 4.79 Å². The number of ether oxygens (including phenoxy) is 1. The van der Waals surface area contributed by atoms with Crippen molar-refractivity contribution in [2.24, 2.45) is 5.41 Å². The second kappa shape index (κ2) is 9.57. The van der Waals surface area contributed by atoms with E-state index in [0.29, 0.717) is 19.5 Å². The zero-order valence-corrected chi connectivity index (χ0v) is 18.9. The normalized spacial score (nSPS) is 13.2. The average Bonchev–Trinajstić information content (AvgIpc) is 2.56. The van der Waals surface area contributed by atoms with E-state index in [9.17, 15) is 9.59 Å². The molecule has 0 aromatic heterocycles. The van der Waals surface area contributed by atoms with Crippen LogP contribution in [-0.4, -0.2) is 49.8 Å². The van der Waals surface area contributed by atoms with E-state index < -0.39 is 26.0 Å². The Morgan fingerprint density at radius 1 is 1.08 bits per heavy atom. The van der Waals surface area contributed by atoms with Crippen molar-refractivity contribution in [2.45, 2.75) is 58.9 Å². The number of rotatable bonds is 8. The number of carbonyl (C=O) groups excluding carboxylic acids is 2. The number of hydrogen-bond donors (Lipinski definition) is 0. The van der Waals surface area contributed by atoms with Crippen molar-refractivity contribution in [3.8, 4) is 0 Å². The standard InChI is InChI=1S/C20H32AsNO4/c1-19(2,3)26-18(24)22(15-16-11-9-8-10-12-16)14-13-20(4,5)17(23)21(6)25-7/h8-12H,13-15H2,1-7H3. The Morgan fingerprint density at radius 2 is 1.65 bits per heavy atom. The predicted octanol–water partition coefficient (Wildman–Crippen LogP) is 4.22. The first-order valence-corrected chi connectivity index (χ1v) is 12.4. The SMILES string of the molecule is CO[As](C)C(=O)C(C)(C)CCN(Cc1ccccc1)C(=O)OC(C)(C)C. The molecule has 146 valence electrons. The van der Waals surface area contributed by atoms with E-state index in [1.165, 1.54) is 0 Å². The molecule has 1 rings (SSSR count). The second-order valence-electron chi connectivity index (χ2n) is 8.01. The summed E-state index contributed by atoms with van der Waals surface area (Å²) in [6.45, 7) is 10.3. The first-order valence-electron chi connectivity index (χ1n) is 8.80. The van der Waals surface area contributed by atoms with Gasteiger partial charge in [0.15, 0.2) is 0 Å². The van der Waals surface area contributed by atoms with Gasteiger partial charge in [-0.15, -0.1) is 0 Å². The van der Waals surface area contributed by atoms with Crippen LogP contribution in [0.2, 0.25) is 5.71 Å². The molecule has 0 fully saturated rings. The van der Waals surface area contributed by atoms with E-state index in [1.807, 2.05) is 70.7 Å². The number of hydrogen-bond acceptors (Lipinski definition) is 4. The van der Waals surface area contributed by atoms with Crippen molar-refractivity contribution in [2.75, 3.05) is 13.7 Å². The fourth-order valence-electron chi connectivity index (χ4n) is 2.40. The van der Waals surface area contributed by atoms with E-state index in [0.717, 1.165) is 5.56 Å². The van der Waals surface area contributed by atoms with Crippen molar-refractivity contribution < 1.29 is 18.1 Å². The molecular formula is C20H32AsNO4.